The summed E-state index contributed by atoms with van der Waals surface area (Å²) in [5.41, 5.74) is -0.215. The first kappa shape index (κ1) is 23.2. The average Bonchev–Trinajstić information content (AvgIpc) is 3.17. The van der Waals surface area contributed by atoms with E-state index in [9.17, 15) is 22.2 Å². The molecule has 11 heteroatoms. The van der Waals surface area contributed by atoms with Gasteiger partial charge in [0.05, 0.1) is 16.5 Å². The van der Waals surface area contributed by atoms with Crippen LogP contribution in [0.15, 0.2) is 10.7 Å². The third-order valence-corrected chi connectivity index (χ3v) is 6.93. The van der Waals surface area contributed by atoms with Crippen molar-refractivity contribution in [2.24, 2.45) is 12.5 Å². The molecule has 1 aliphatic rings. The third-order valence-electron chi connectivity index (χ3n) is 5.56. The van der Waals surface area contributed by atoms with Crippen molar-refractivity contribution in [3.8, 4) is 11.5 Å². The van der Waals surface area contributed by atoms with E-state index in [4.69, 9.17) is 4.98 Å². The summed E-state index contributed by atoms with van der Waals surface area (Å²) in [6, 6.07) is 0. The van der Waals surface area contributed by atoms with Crippen LogP contribution in [0.2, 0.25) is 0 Å². The first-order chi connectivity index (χ1) is 14.4. The van der Waals surface area contributed by atoms with E-state index in [1.807, 2.05) is 11.5 Å². The van der Waals surface area contributed by atoms with Crippen LogP contribution in [0, 0.1) is 12.3 Å². The Balaban J connectivity index is 2.19. The number of carbonyl (C=O) groups is 1. The van der Waals surface area contributed by atoms with Gasteiger partial charge in [-0.25, -0.2) is 9.97 Å². The number of carbonyl (C=O) groups excluding carboxylic acids is 1. The van der Waals surface area contributed by atoms with Gasteiger partial charge in [0.1, 0.15) is 22.2 Å². The van der Waals surface area contributed by atoms with Gasteiger partial charge in [0, 0.05) is 31.5 Å². The number of fused-ring (bicyclic) bond motifs is 1. The number of alkyl halides is 3. The van der Waals surface area contributed by atoms with Gasteiger partial charge in [0.25, 0.3) is 0 Å². The minimum Gasteiger partial charge on any atom is -0.329 e. The highest BCUT2D eigenvalue weighted by Crippen LogP contribution is 2.37. The maximum absolute atomic E-state index is 13.2. The zero-order chi connectivity index (χ0) is 23.1. The molecule has 0 aromatic carbocycles. The number of hydrogen-bond acceptors (Lipinski definition) is 4. The standard InChI is InChI=1S/C20H26F3N5O2S/c1-6-31(30)18-16(26-15-10-19(3,4)7-8-28(15)18)17-25-13(12(2)27(17)5)9-14(24-11-29)20(21,22)23/h9,11H,6-8,10H2,1-5H3,(H,24,29)/b14-9-. The van der Waals surface area contributed by atoms with Crippen LogP contribution in [-0.2, 0) is 35.6 Å². The highest BCUT2D eigenvalue weighted by Gasteiger charge is 2.35. The smallest absolute Gasteiger partial charge is 0.329 e. The van der Waals surface area contributed by atoms with E-state index >= 15 is 0 Å². The molecule has 1 amide bonds. The van der Waals surface area contributed by atoms with Crippen molar-refractivity contribution in [3.63, 3.8) is 0 Å². The molecule has 2 aromatic heterocycles. The quantitative estimate of drug-likeness (QED) is 0.675. The molecular weight excluding hydrogens is 431 g/mol. The largest absolute Gasteiger partial charge is 0.431 e. The molecule has 0 saturated carbocycles. The molecule has 1 N–H and O–H groups in total. The fourth-order valence-corrected chi connectivity index (χ4v) is 4.72. The zero-order valence-corrected chi connectivity index (χ0v) is 18.9. The van der Waals surface area contributed by atoms with Crippen molar-refractivity contribution in [2.75, 3.05) is 5.75 Å². The molecule has 7 nitrogen and oxygen atoms in total. The first-order valence-corrected chi connectivity index (χ1v) is 11.2. The van der Waals surface area contributed by atoms with Gasteiger partial charge in [0.15, 0.2) is 5.82 Å². The molecule has 3 rings (SSSR count). The number of aromatic nitrogens is 4. The van der Waals surface area contributed by atoms with Crippen molar-refractivity contribution in [1.82, 2.24) is 24.4 Å². The summed E-state index contributed by atoms with van der Waals surface area (Å²) in [6.45, 7) is 8.41. The minimum absolute atomic E-state index is 0.0216. The maximum atomic E-state index is 13.2. The lowest BCUT2D eigenvalue weighted by atomic mass is 9.83. The van der Waals surface area contributed by atoms with Gasteiger partial charge in [0.2, 0.25) is 6.41 Å². The predicted molar refractivity (Wildman–Crippen MR) is 111 cm³/mol. The summed E-state index contributed by atoms with van der Waals surface area (Å²) < 4.78 is 56.2. The van der Waals surface area contributed by atoms with Gasteiger partial charge in [-0.1, -0.05) is 20.8 Å². The second kappa shape index (κ2) is 8.25. The van der Waals surface area contributed by atoms with E-state index < -0.39 is 22.7 Å². The fourth-order valence-electron chi connectivity index (χ4n) is 3.65. The summed E-state index contributed by atoms with van der Waals surface area (Å²) in [5.74, 6) is 1.53. The highest BCUT2D eigenvalue weighted by molar-refractivity contribution is 7.85. The summed E-state index contributed by atoms with van der Waals surface area (Å²) >= 11 is 0. The van der Waals surface area contributed by atoms with Crippen molar-refractivity contribution in [1.29, 1.82) is 0 Å². The molecular formula is C20H26F3N5O2S. The van der Waals surface area contributed by atoms with Crippen molar-refractivity contribution in [3.05, 3.63) is 22.9 Å². The Labute approximate surface area is 181 Å². The molecule has 0 bridgehead atoms. The maximum Gasteiger partial charge on any atom is 0.431 e. The van der Waals surface area contributed by atoms with E-state index in [2.05, 4.69) is 18.8 Å². The van der Waals surface area contributed by atoms with E-state index in [1.54, 1.807) is 23.9 Å². The molecule has 1 aliphatic heterocycles. The SMILES string of the molecule is CCS(=O)c1c(-c2nc(/C=C(\NC=O)C(F)(F)F)c(C)n2C)nc2n1CCC(C)(C)C2. The molecule has 1 unspecified atom stereocenters. The summed E-state index contributed by atoms with van der Waals surface area (Å²) in [4.78, 5) is 19.8. The number of amides is 1. The molecule has 1 atom stereocenters. The number of nitrogens with one attached hydrogen (secondary N) is 1. The zero-order valence-electron chi connectivity index (χ0n) is 18.1. The number of rotatable bonds is 6. The Kier molecular flexibility index (Phi) is 6.18. The molecule has 2 aromatic rings. The van der Waals surface area contributed by atoms with Crippen LogP contribution in [0.3, 0.4) is 0 Å². The second-order valence-corrected chi connectivity index (χ2v) is 10.00. The molecule has 0 aliphatic carbocycles. The molecule has 170 valence electrons. The van der Waals surface area contributed by atoms with Crippen molar-refractivity contribution in [2.45, 2.75) is 58.3 Å². The van der Waals surface area contributed by atoms with Crippen LogP contribution >= 0.6 is 0 Å². The molecule has 0 fully saturated rings. The van der Waals surface area contributed by atoms with Crippen LogP contribution in [0.5, 0.6) is 0 Å². The number of halogens is 3. The monoisotopic (exact) mass is 457 g/mol. The molecule has 0 radical (unpaired) electrons. The Morgan fingerprint density at radius 3 is 2.58 bits per heavy atom. The van der Waals surface area contributed by atoms with Crippen LogP contribution in [0.4, 0.5) is 13.2 Å². The first-order valence-electron chi connectivity index (χ1n) is 9.90. The predicted octanol–water partition coefficient (Wildman–Crippen LogP) is 3.34. The minimum atomic E-state index is -4.74. The fraction of sp³-hybridized carbons (Fsp3) is 0.550. The lowest BCUT2D eigenvalue weighted by Gasteiger charge is -2.30. The van der Waals surface area contributed by atoms with Crippen molar-refractivity contribution < 1.29 is 22.2 Å². The summed E-state index contributed by atoms with van der Waals surface area (Å²) in [6.07, 6.45) is -2.35. The Morgan fingerprint density at radius 1 is 1.32 bits per heavy atom. The average molecular weight is 458 g/mol. The molecule has 0 spiro atoms. The van der Waals surface area contributed by atoms with Gasteiger partial charge < -0.3 is 14.5 Å². The van der Waals surface area contributed by atoms with Gasteiger partial charge in [-0.2, -0.15) is 13.2 Å². The number of imidazole rings is 2. The van der Waals surface area contributed by atoms with Crippen LogP contribution in [0.25, 0.3) is 17.6 Å². The van der Waals surface area contributed by atoms with E-state index in [-0.39, 0.29) is 17.5 Å². The lowest BCUT2D eigenvalue weighted by Crippen LogP contribution is -2.27. The number of nitrogens with zero attached hydrogens (tertiary/aromatic N) is 4. The lowest BCUT2D eigenvalue weighted by molar-refractivity contribution is -0.116. The Hall–Kier alpha value is -2.43. The van der Waals surface area contributed by atoms with Gasteiger partial charge >= 0.3 is 6.18 Å². The Bertz CT molecular complexity index is 1070. The molecule has 3 heterocycles. The Morgan fingerprint density at radius 2 is 2.00 bits per heavy atom. The van der Waals surface area contributed by atoms with Crippen LogP contribution in [0.1, 0.15) is 44.4 Å². The van der Waals surface area contributed by atoms with Gasteiger partial charge in [-0.15, -0.1) is 0 Å². The normalized spacial score (nSPS) is 17.4. The number of hydrogen-bond donors (Lipinski definition) is 1. The van der Waals surface area contributed by atoms with Gasteiger partial charge in [-0.3, -0.25) is 9.00 Å². The van der Waals surface area contributed by atoms with E-state index in [1.165, 1.54) is 0 Å². The van der Waals surface area contributed by atoms with Gasteiger partial charge in [-0.05, 0) is 24.8 Å². The second-order valence-electron chi connectivity index (χ2n) is 8.34. The third kappa shape index (κ3) is 4.46. The van der Waals surface area contributed by atoms with Crippen molar-refractivity contribution >= 4 is 23.3 Å². The van der Waals surface area contributed by atoms with E-state index in [0.717, 1.165) is 18.3 Å². The van der Waals surface area contributed by atoms with Crippen LogP contribution < -0.4 is 5.32 Å². The topological polar surface area (TPSA) is 81.8 Å². The molecule has 0 saturated heterocycles. The summed E-state index contributed by atoms with van der Waals surface area (Å²) in [7, 11) is 0.351. The van der Waals surface area contributed by atoms with Crippen LogP contribution in [-0.4, -0.2) is 41.7 Å². The highest BCUT2D eigenvalue weighted by atomic mass is 32.2. The van der Waals surface area contributed by atoms with E-state index in [0.29, 0.717) is 41.0 Å². The summed E-state index contributed by atoms with van der Waals surface area (Å²) in [5, 5.41) is 2.25. The number of allylic oxidation sites excluding steroid dienone is 1. The molecule has 31 heavy (non-hydrogen) atoms.